The molecule has 0 radical (unpaired) electrons. The molecule has 0 aliphatic rings. The molecule has 1 aromatic carbocycles. The van der Waals surface area contributed by atoms with Crippen LogP contribution in [0.15, 0.2) is 18.2 Å². The van der Waals surface area contributed by atoms with Gasteiger partial charge in [-0.1, -0.05) is 23.2 Å². The topological polar surface area (TPSA) is 46.5 Å². The van der Waals surface area contributed by atoms with Crippen molar-refractivity contribution < 1.29 is 14.6 Å². The van der Waals surface area contributed by atoms with Crippen molar-refractivity contribution >= 4 is 29.2 Å². The summed E-state index contributed by atoms with van der Waals surface area (Å²) in [6.45, 7) is 1.67. The number of rotatable bonds is 4. The van der Waals surface area contributed by atoms with Crippen molar-refractivity contribution in [3.63, 3.8) is 0 Å². The van der Waals surface area contributed by atoms with Crippen LogP contribution in [-0.4, -0.2) is 17.2 Å². The van der Waals surface area contributed by atoms with Crippen molar-refractivity contribution in [2.75, 3.05) is 0 Å². The number of aliphatic carboxylic acids is 1. The van der Waals surface area contributed by atoms with Crippen molar-refractivity contribution in [3.8, 4) is 5.75 Å². The van der Waals surface area contributed by atoms with Gasteiger partial charge in [-0.3, -0.25) is 4.79 Å². The van der Waals surface area contributed by atoms with Crippen LogP contribution in [0.5, 0.6) is 5.75 Å². The smallest absolute Gasteiger partial charge is 0.307 e. The van der Waals surface area contributed by atoms with Gasteiger partial charge in [0.25, 0.3) is 0 Å². The lowest BCUT2D eigenvalue weighted by molar-refractivity contribution is -0.138. The molecule has 0 spiro atoms. The first-order valence-corrected chi connectivity index (χ1v) is 5.08. The van der Waals surface area contributed by atoms with E-state index in [-0.39, 0.29) is 6.42 Å². The fraction of sp³-hybridized carbons (Fsp3) is 0.300. The van der Waals surface area contributed by atoms with E-state index in [0.717, 1.165) is 0 Å². The van der Waals surface area contributed by atoms with Crippen LogP contribution in [0.2, 0.25) is 10.0 Å². The number of halogens is 2. The number of carbonyl (C=O) groups is 1. The van der Waals surface area contributed by atoms with Crippen LogP contribution in [0.25, 0.3) is 0 Å². The average Bonchev–Trinajstić information content (AvgIpc) is 2.08. The molecule has 0 saturated heterocycles. The monoisotopic (exact) mass is 248 g/mol. The van der Waals surface area contributed by atoms with E-state index in [9.17, 15) is 4.79 Å². The van der Waals surface area contributed by atoms with E-state index in [2.05, 4.69) is 0 Å². The summed E-state index contributed by atoms with van der Waals surface area (Å²) in [5.74, 6) is -0.470. The van der Waals surface area contributed by atoms with Crippen LogP contribution in [0.3, 0.4) is 0 Å². The third-order valence-corrected chi connectivity index (χ3v) is 2.21. The van der Waals surface area contributed by atoms with Crippen LogP contribution < -0.4 is 4.74 Å². The molecule has 1 atom stereocenters. The molecule has 0 fully saturated rings. The lowest BCUT2D eigenvalue weighted by Crippen LogP contribution is -2.16. The highest BCUT2D eigenvalue weighted by molar-refractivity contribution is 6.35. The Balaban J connectivity index is 2.68. The van der Waals surface area contributed by atoms with Gasteiger partial charge in [0, 0.05) is 5.02 Å². The van der Waals surface area contributed by atoms with Gasteiger partial charge in [-0.05, 0) is 25.1 Å². The van der Waals surface area contributed by atoms with Gasteiger partial charge in [0.05, 0.1) is 11.4 Å². The van der Waals surface area contributed by atoms with Crippen LogP contribution in [-0.2, 0) is 4.79 Å². The molecule has 0 amide bonds. The summed E-state index contributed by atoms with van der Waals surface area (Å²) in [6.07, 6.45) is -0.500. The second-order valence-electron chi connectivity index (χ2n) is 3.10. The highest BCUT2D eigenvalue weighted by Crippen LogP contribution is 2.28. The zero-order valence-corrected chi connectivity index (χ0v) is 9.55. The number of hydrogen-bond acceptors (Lipinski definition) is 2. The van der Waals surface area contributed by atoms with Crippen molar-refractivity contribution in [3.05, 3.63) is 28.2 Å². The largest absolute Gasteiger partial charge is 0.489 e. The Bertz CT molecular complexity index is 366. The van der Waals surface area contributed by atoms with Gasteiger partial charge in [-0.15, -0.1) is 0 Å². The van der Waals surface area contributed by atoms with Crippen molar-refractivity contribution in [1.29, 1.82) is 0 Å². The molecule has 5 heteroatoms. The Morgan fingerprint density at radius 1 is 1.53 bits per heavy atom. The molecule has 0 aliphatic carbocycles. The number of carboxylic acid groups (broad SMARTS) is 1. The summed E-state index contributed by atoms with van der Waals surface area (Å²) in [6, 6.07) is 4.80. The first-order chi connectivity index (χ1) is 6.99. The average molecular weight is 249 g/mol. The molecule has 82 valence electrons. The zero-order valence-electron chi connectivity index (χ0n) is 8.04. The fourth-order valence-electron chi connectivity index (χ4n) is 1.08. The Morgan fingerprint density at radius 2 is 2.20 bits per heavy atom. The van der Waals surface area contributed by atoms with Crippen LogP contribution in [0.1, 0.15) is 13.3 Å². The van der Waals surface area contributed by atoms with E-state index in [1.165, 1.54) is 0 Å². The summed E-state index contributed by atoms with van der Waals surface area (Å²) >= 11 is 11.6. The third-order valence-electron chi connectivity index (χ3n) is 1.68. The van der Waals surface area contributed by atoms with E-state index in [4.69, 9.17) is 33.0 Å². The molecular formula is C10H10Cl2O3. The van der Waals surface area contributed by atoms with Gasteiger partial charge in [-0.25, -0.2) is 0 Å². The van der Waals surface area contributed by atoms with Crippen molar-refractivity contribution in [1.82, 2.24) is 0 Å². The summed E-state index contributed by atoms with van der Waals surface area (Å²) in [7, 11) is 0. The standard InChI is InChI=1S/C10H10Cl2O3/c1-6(4-10(13)14)15-9-3-2-7(11)5-8(9)12/h2-3,5-6H,4H2,1H3,(H,13,14)/t6-/m1/s1. The fourth-order valence-corrected chi connectivity index (χ4v) is 1.53. The normalized spacial score (nSPS) is 12.2. The molecule has 1 aromatic rings. The lowest BCUT2D eigenvalue weighted by Gasteiger charge is -2.13. The predicted octanol–water partition coefficient (Wildman–Crippen LogP) is 3.24. The molecule has 15 heavy (non-hydrogen) atoms. The first-order valence-electron chi connectivity index (χ1n) is 4.32. The predicted molar refractivity (Wildman–Crippen MR) is 58.8 cm³/mol. The van der Waals surface area contributed by atoms with E-state index >= 15 is 0 Å². The maximum Gasteiger partial charge on any atom is 0.307 e. The zero-order chi connectivity index (χ0) is 11.4. The van der Waals surface area contributed by atoms with Crippen molar-refractivity contribution in [2.45, 2.75) is 19.4 Å². The van der Waals surface area contributed by atoms with Gasteiger partial charge in [0.15, 0.2) is 0 Å². The number of ether oxygens (including phenoxy) is 1. The molecule has 0 unspecified atom stereocenters. The Hall–Kier alpha value is -0.930. The summed E-state index contributed by atoms with van der Waals surface area (Å²) < 4.78 is 5.34. The molecule has 0 aliphatic heterocycles. The van der Waals surface area contributed by atoms with Gasteiger partial charge in [-0.2, -0.15) is 0 Å². The third kappa shape index (κ3) is 3.98. The van der Waals surface area contributed by atoms with Crippen LogP contribution in [0.4, 0.5) is 0 Å². The van der Waals surface area contributed by atoms with Crippen LogP contribution >= 0.6 is 23.2 Å². The van der Waals surface area contributed by atoms with E-state index < -0.39 is 12.1 Å². The van der Waals surface area contributed by atoms with E-state index in [1.54, 1.807) is 25.1 Å². The molecule has 1 rings (SSSR count). The summed E-state index contributed by atoms with van der Waals surface area (Å²) in [5, 5.41) is 9.43. The molecule has 0 heterocycles. The minimum absolute atomic E-state index is 0.0705. The molecule has 0 bridgehead atoms. The number of benzene rings is 1. The highest BCUT2D eigenvalue weighted by atomic mass is 35.5. The Labute approximate surface area is 97.6 Å². The second-order valence-corrected chi connectivity index (χ2v) is 3.94. The SMILES string of the molecule is C[C@H](CC(=O)O)Oc1ccc(Cl)cc1Cl. The van der Waals surface area contributed by atoms with Gasteiger partial charge in [0.2, 0.25) is 0 Å². The minimum atomic E-state index is -0.910. The second kappa shape index (κ2) is 5.24. The maximum atomic E-state index is 10.4. The Kier molecular flexibility index (Phi) is 4.24. The van der Waals surface area contributed by atoms with E-state index in [1.807, 2.05) is 0 Å². The molecule has 1 N–H and O–H groups in total. The molecular weight excluding hydrogens is 239 g/mol. The number of hydrogen-bond donors (Lipinski definition) is 1. The van der Waals surface area contributed by atoms with Crippen molar-refractivity contribution in [2.24, 2.45) is 0 Å². The van der Waals surface area contributed by atoms with E-state index in [0.29, 0.717) is 15.8 Å². The highest BCUT2D eigenvalue weighted by Gasteiger charge is 2.11. The van der Waals surface area contributed by atoms with Gasteiger partial charge < -0.3 is 9.84 Å². The Morgan fingerprint density at radius 3 is 2.73 bits per heavy atom. The molecule has 3 nitrogen and oxygen atoms in total. The van der Waals surface area contributed by atoms with Gasteiger partial charge >= 0.3 is 5.97 Å². The van der Waals surface area contributed by atoms with Gasteiger partial charge in [0.1, 0.15) is 11.9 Å². The van der Waals surface area contributed by atoms with Crippen LogP contribution in [0, 0.1) is 0 Å². The number of carboxylic acids is 1. The lowest BCUT2D eigenvalue weighted by atomic mass is 10.3. The quantitative estimate of drug-likeness (QED) is 0.890. The molecule has 0 saturated carbocycles. The molecule has 0 aromatic heterocycles. The first kappa shape index (κ1) is 12.1. The summed E-state index contributed by atoms with van der Waals surface area (Å²) in [4.78, 5) is 10.4. The summed E-state index contributed by atoms with van der Waals surface area (Å²) in [5.41, 5.74) is 0. The maximum absolute atomic E-state index is 10.4. The minimum Gasteiger partial charge on any atom is -0.489 e.